The van der Waals surface area contributed by atoms with Crippen LogP contribution in [0.3, 0.4) is 0 Å². The van der Waals surface area contributed by atoms with Crippen molar-refractivity contribution in [2.45, 2.75) is 13.0 Å². The molecule has 1 atom stereocenters. The maximum Gasteiger partial charge on any atom is 0.242 e. The van der Waals surface area contributed by atoms with Crippen LogP contribution in [0.15, 0.2) is 36.4 Å². The number of nitrogens with zero attached hydrogens (tertiary/aromatic N) is 2. The molecule has 0 aromatic carbocycles. The first-order chi connectivity index (χ1) is 9.06. The van der Waals surface area contributed by atoms with Crippen LogP contribution in [0.4, 0.5) is 11.6 Å². The molecule has 5 N–H and O–H groups in total. The first-order valence-corrected chi connectivity index (χ1v) is 5.82. The molecule has 2 heterocycles. The van der Waals surface area contributed by atoms with E-state index in [9.17, 15) is 4.79 Å². The van der Waals surface area contributed by atoms with Gasteiger partial charge in [0.2, 0.25) is 5.91 Å². The quantitative estimate of drug-likeness (QED) is 0.760. The molecule has 0 aliphatic rings. The minimum Gasteiger partial charge on any atom is -0.384 e. The maximum atomic E-state index is 11.5. The first kappa shape index (κ1) is 13.0. The van der Waals surface area contributed by atoms with Gasteiger partial charge in [-0.15, -0.1) is 0 Å². The van der Waals surface area contributed by atoms with Gasteiger partial charge >= 0.3 is 0 Å². The zero-order valence-corrected chi connectivity index (χ0v) is 10.5. The topological polar surface area (TPSA) is 107 Å². The summed E-state index contributed by atoms with van der Waals surface area (Å²) in [6.45, 7) is 1.61. The molecule has 0 bridgehead atoms. The van der Waals surface area contributed by atoms with E-state index in [2.05, 4.69) is 15.3 Å². The van der Waals surface area contributed by atoms with Crippen LogP contribution in [0.2, 0.25) is 0 Å². The Bertz CT molecular complexity index is 597. The van der Waals surface area contributed by atoms with E-state index in [1.807, 2.05) is 0 Å². The van der Waals surface area contributed by atoms with Gasteiger partial charge in [0.1, 0.15) is 11.6 Å². The van der Waals surface area contributed by atoms with Crippen molar-refractivity contribution in [3.05, 3.63) is 36.4 Å². The second kappa shape index (κ2) is 5.45. The molecule has 0 aliphatic carbocycles. The van der Waals surface area contributed by atoms with Crippen LogP contribution < -0.4 is 16.8 Å². The molecule has 2 rings (SSSR count). The number of hydrogen-bond acceptors (Lipinski definition) is 5. The minimum atomic E-state index is -0.587. The molecule has 6 heteroatoms. The lowest BCUT2D eigenvalue weighted by atomic mass is 10.2. The summed E-state index contributed by atoms with van der Waals surface area (Å²) in [5, 5.41) is 2.63. The third-order valence-electron chi connectivity index (χ3n) is 2.45. The van der Waals surface area contributed by atoms with Crippen molar-refractivity contribution in [3.8, 4) is 11.4 Å². The van der Waals surface area contributed by atoms with Crippen LogP contribution >= 0.6 is 0 Å². The summed E-state index contributed by atoms with van der Waals surface area (Å²) < 4.78 is 0. The van der Waals surface area contributed by atoms with Crippen LogP contribution in [-0.2, 0) is 4.79 Å². The van der Waals surface area contributed by atoms with E-state index in [0.717, 1.165) is 0 Å². The molecular weight excluding hydrogens is 242 g/mol. The lowest BCUT2D eigenvalue weighted by Crippen LogP contribution is -2.32. The van der Waals surface area contributed by atoms with Crippen molar-refractivity contribution in [2.75, 3.05) is 11.1 Å². The molecule has 1 amide bonds. The molecule has 0 saturated carbocycles. The Morgan fingerprint density at radius 1 is 1.16 bits per heavy atom. The Morgan fingerprint density at radius 2 is 1.79 bits per heavy atom. The number of hydrogen-bond donors (Lipinski definition) is 3. The number of carbonyl (C=O) groups excluding carboxylic acids is 1. The van der Waals surface area contributed by atoms with Crippen molar-refractivity contribution in [2.24, 2.45) is 5.73 Å². The molecule has 0 fully saturated rings. The van der Waals surface area contributed by atoms with E-state index in [0.29, 0.717) is 23.0 Å². The van der Waals surface area contributed by atoms with Gasteiger partial charge in [-0.05, 0) is 31.2 Å². The second-order valence-electron chi connectivity index (χ2n) is 4.13. The Kier molecular flexibility index (Phi) is 3.72. The lowest BCUT2D eigenvalue weighted by Gasteiger charge is -2.08. The third kappa shape index (κ3) is 3.26. The highest BCUT2D eigenvalue weighted by atomic mass is 16.2. The van der Waals surface area contributed by atoms with Gasteiger partial charge in [-0.1, -0.05) is 12.1 Å². The molecule has 98 valence electrons. The summed E-state index contributed by atoms with van der Waals surface area (Å²) in [7, 11) is 0. The molecule has 1 unspecified atom stereocenters. The summed E-state index contributed by atoms with van der Waals surface area (Å²) in [5.74, 6) is 0.568. The highest BCUT2D eigenvalue weighted by Gasteiger charge is 2.09. The Labute approximate surface area is 110 Å². The molecule has 0 spiro atoms. The highest BCUT2D eigenvalue weighted by molar-refractivity contribution is 5.93. The average molecular weight is 257 g/mol. The maximum absolute atomic E-state index is 11.5. The molecule has 0 radical (unpaired) electrons. The molecule has 0 aliphatic heterocycles. The van der Waals surface area contributed by atoms with Gasteiger partial charge in [-0.25, -0.2) is 9.97 Å². The van der Waals surface area contributed by atoms with Gasteiger partial charge in [-0.3, -0.25) is 4.79 Å². The van der Waals surface area contributed by atoms with Gasteiger partial charge in [0.15, 0.2) is 0 Å². The number of nitrogen functional groups attached to an aromatic ring is 1. The van der Waals surface area contributed by atoms with E-state index in [-0.39, 0.29) is 5.91 Å². The van der Waals surface area contributed by atoms with E-state index in [1.165, 1.54) is 0 Å². The fourth-order valence-corrected chi connectivity index (χ4v) is 1.48. The van der Waals surface area contributed by atoms with Crippen LogP contribution in [0, 0.1) is 0 Å². The monoisotopic (exact) mass is 257 g/mol. The van der Waals surface area contributed by atoms with Crippen LogP contribution in [0.25, 0.3) is 11.4 Å². The lowest BCUT2D eigenvalue weighted by molar-refractivity contribution is -0.117. The van der Waals surface area contributed by atoms with Crippen LogP contribution in [0.1, 0.15) is 6.92 Å². The summed E-state index contributed by atoms with van der Waals surface area (Å²) in [5.41, 5.74) is 12.4. The number of anilines is 2. The van der Waals surface area contributed by atoms with E-state index in [4.69, 9.17) is 11.5 Å². The Morgan fingerprint density at radius 3 is 2.42 bits per heavy atom. The van der Waals surface area contributed by atoms with Crippen molar-refractivity contribution < 1.29 is 4.79 Å². The van der Waals surface area contributed by atoms with Gasteiger partial charge in [0.25, 0.3) is 0 Å². The van der Waals surface area contributed by atoms with Crippen molar-refractivity contribution >= 4 is 17.5 Å². The van der Waals surface area contributed by atoms with E-state index < -0.39 is 6.04 Å². The molecule has 2 aromatic rings. The molecule has 0 saturated heterocycles. The van der Waals surface area contributed by atoms with Crippen molar-refractivity contribution in [1.82, 2.24) is 9.97 Å². The number of rotatable bonds is 3. The zero-order chi connectivity index (χ0) is 13.8. The summed E-state index contributed by atoms with van der Waals surface area (Å²) in [4.78, 5) is 20.0. The standard InChI is InChI=1S/C13H15N5O/c1-8(14)13(19)18-12-7-3-5-10(17-12)9-4-2-6-11(15)16-9/h2-8H,14H2,1H3,(H2,15,16)(H,17,18,19). The highest BCUT2D eigenvalue weighted by Crippen LogP contribution is 2.17. The number of amides is 1. The number of aromatic nitrogens is 2. The largest absolute Gasteiger partial charge is 0.384 e. The fourth-order valence-electron chi connectivity index (χ4n) is 1.48. The van der Waals surface area contributed by atoms with Crippen LogP contribution in [-0.4, -0.2) is 21.9 Å². The van der Waals surface area contributed by atoms with Crippen molar-refractivity contribution in [1.29, 1.82) is 0 Å². The predicted octanol–water partition coefficient (Wildman–Crippen LogP) is 1.01. The number of nitrogens with one attached hydrogen (secondary N) is 1. The van der Waals surface area contributed by atoms with Gasteiger partial charge in [-0.2, -0.15) is 0 Å². The molecule has 2 aromatic heterocycles. The molecule has 19 heavy (non-hydrogen) atoms. The summed E-state index contributed by atoms with van der Waals surface area (Å²) in [6.07, 6.45) is 0. The van der Waals surface area contributed by atoms with E-state index >= 15 is 0 Å². The normalized spacial score (nSPS) is 11.9. The van der Waals surface area contributed by atoms with Gasteiger partial charge in [0.05, 0.1) is 17.4 Å². The number of pyridine rings is 2. The molecular formula is C13H15N5O. The zero-order valence-electron chi connectivity index (χ0n) is 10.5. The summed E-state index contributed by atoms with van der Waals surface area (Å²) >= 11 is 0. The number of carbonyl (C=O) groups is 1. The minimum absolute atomic E-state index is 0.287. The molecule has 6 nitrogen and oxygen atoms in total. The second-order valence-corrected chi connectivity index (χ2v) is 4.13. The number of nitrogens with two attached hydrogens (primary N) is 2. The van der Waals surface area contributed by atoms with Gasteiger partial charge in [0, 0.05) is 0 Å². The van der Waals surface area contributed by atoms with Gasteiger partial charge < -0.3 is 16.8 Å². The van der Waals surface area contributed by atoms with Crippen LogP contribution in [0.5, 0.6) is 0 Å². The smallest absolute Gasteiger partial charge is 0.242 e. The fraction of sp³-hybridized carbons (Fsp3) is 0.154. The average Bonchev–Trinajstić information content (AvgIpc) is 2.39. The van der Waals surface area contributed by atoms with Crippen molar-refractivity contribution in [3.63, 3.8) is 0 Å². The SMILES string of the molecule is CC(N)C(=O)Nc1cccc(-c2cccc(N)n2)n1. The predicted molar refractivity (Wildman–Crippen MR) is 74.2 cm³/mol. The first-order valence-electron chi connectivity index (χ1n) is 5.82. The van der Waals surface area contributed by atoms with E-state index in [1.54, 1.807) is 43.3 Å². The third-order valence-corrected chi connectivity index (χ3v) is 2.45. The Hall–Kier alpha value is -2.47. The summed E-state index contributed by atoms with van der Waals surface area (Å²) in [6, 6.07) is 9.98. The Balaban J connectivity index is 2.27.